The van der Waals surface area contributed by atoms with E-state index in [-0.39, 0.29) is 17.3 Å². The Kier molecular flexibility index (Phi) is 4.15. The molecule has 2 aromatic rings. The quantitative estimate of drug-likeness (QED) is 0.657. The van der Waals surface area contributed by atoms with E-state index in [1.54, 1.807) is 18.2 Å². The van der Waals surface area contributed by atoms with Crippen LogP contribution in [0.2, 0.25) is 5.02 Å². The van der Waals surface area contributed by atoms with Crippen molar-refractivity contribution in [3.63, 3.8) is 0 Å². The van der Waals surface area contributed by atoms with Crippen molar-refractivity contribution in [1.29, 1.82) is 0 Å². The number of rotatable bonds is 5. The molecule has 1 fully saturated rings. The Balaban J connectivity index is 1.90. The third kappa shape index (κ3) is 2.92. The molecule has 1 aliphatic carbocycles. The number of nitro groups is 1. The fraction of sp³-hybridized carbons (Fsp3) is 0.235. The number of anilines is 1. The predicted octanol–water partition coefficient (Wildman–Crippen LogP) is 3.93. The van der Waals surface area contributed by atoms with Gasteiger partial charge in [-0.15, -0.1) is 0 Å². The van der Waals surface area contributed by atoms with Crippen molar-refractivity contribution >= 4 is 28.9 Å². The summed E-state index contributed by atoms with van der Waals surface area (Å²) in [5, 5.41) is 14.3. The van der Waals surface area contributed by atoms with Crippen LogP contribution in [0.15, 0.2) is 42.5 Å². The summed E-state index contributed by atoms with van der Waals surface area (Å²) in [6, 6.07) is 11.3. The summed E-state index contributed by atoms with van der Waals surface area (Å²) in [5.74, 6) is 0.152. The van der Waals surface area contributed by atoms with E-state index >= 15 is 0 Å². The lowest BCUT2D eigenvalue weighted by Gasteiger charge is -2.17. The molecule has 3 rings (SSSR count). The lowest BCUT2D eigenvalue weighted by Crippen LogP contribution is -2.28. The van der Waals surface area contributed by atoms with Crippen LogP contribution in [0.4, 0.5) is 11.4 Å². The van der Waals surface area contributed by atoms with Crippen LogP contribution >= 0.6 is 11.6 Å². The van der Waals surface area contributed by atoms with Crippen molar-refractivity contribution in [2.75, 3.05) is 12.4 Å². The van der Waals surface area contributed by atoms with Crippen molar-refractivity contribution in [1.82, 2.24) is 0 Å². The largest absolute Gasteiger partial charge is 0.495 e. The van der Waals surface area contributed by atoms with Gasteiger partial charge in [-0.1, -0.05) is 23.7 Å². The van der Waals surface area contributed by atoms with Crippen molar-refractivity contribution in [2.45, 2.75) is 18.3 Å². The first-order chi connectivity index (χ1) is 11.5. The topological polar surface area (TPSA) is 81.5 Å². The maximum atomic E-state index is 12.8. The summed E-state index contributed by atoms with van der Waals surface area (Å²) in [6.07, 6.45) is 1.41. The van der Waals surface area contributed by atoms with Crippen LogP contribution in [0.3, 0.4) is 0 Å². The Morgan fingerprint density at radius 2 is 2.04 bits per heavy atom. The van der Waals surface area contributed by atoms with Crippen LogP contribution < -0.4 is 10.1 Å². The predicted molar refractivity (Wildman–Crippen MR) is 90.6 cm³/mol. The molecule has 0 aliphatic heterocycles. The fourth-order valence-electron chi connectivity index (χ4n) is 2.71. The highest BCUT2D eigenvalue weighted by atomic mass is 35.5. The second-order valence-electron chi connectivity index (χ2n) is 5.69. The van der Waals surface area contributed by atoms with Crippen LogP contribution in [-0.4, -0.2) is 17.9 Å². The SMILES string of the molecule is COc1ccc([N+](=O)[O-])cc1NC(=O)C1(c2cccc(Cl)c2)CC1. The van der Waals surface area contributed by atoms with E-state index in [2.05, 4.69) is 5.32 Å². The zero-order valence-corrected chi connectivity index (χ0v) is 13.7. The van der Waals surface area contributed by atoms with Crippen LogP contribution in [0.5, 0.6) is 5.75 Å². The van der Waals surface area contributed by atoms with E-state index < -0.39 is 10.3 Å². The summed E-state index contributed by atoms with van der Waals surface area (Å²) in [7, 11) is 1.45. The minimum atomic E-state index is -0.638. The molecule has 0 unspecified atom stereocenters. The number of nitrogens with one attached hydrogen (secondary N) is 1. The van der Waals surface area contributed by atoms with Gasteiger partial charge in [0, 0.05) is 17.2 Å². The molecule has 0 spiro atoms. The number of nitrogens with zero attached hydrogens (tertiary/aromatic N) is 1. The second-order valence-corrected chi connectivity index (χ2v) is 6.12. The molecule has 0 heterocycles. The van der Waals surface area contributed by atoms with Gasteiger partial charge in [0.1, 0.15) is 5.75 Å². The molecule has 1 amide bonds. The summed E-state index contributed by atoms with van der Waals surface area (Å²) in [4.78, 5) is 23.2. The molecule has 6 nitrogen and oxygen atoms in total. The normalized spacial score (nSPS) is 14.8. The number of hydrogen-bond donors (Lipinski definition) is 1. The van der Waals surface area contributed by atoms with Crippen LogP contribution in [0.25, 0.3) is 0 Å². The summed E-state index contributed by atoms with van der Waals surface area (Å²) < 4.78 is 5.18. The smallest absolute Gasteiger partial charge is 0.271 e. The molecule has 7 heteroatoms. The molecule has 2 aromatic carbocycles. The van der Waals surface area contributed by atoms with E-state index in [0.717, 1.165) is 5.56 Å². The molecule has 0 aromatic heterocycles. The van der Waals surface area contributed by atoms with Crippen LogP contribution in [0.1, 0.15) is 18.4 Å². The van der Waals surface area contributed by atoms with Gasteiger partial charge in [0.05, 0.1) is 23.1 Å². The number of benzene rings is 2. The van der Waals surface area contributed by atoms with Crippen molar-refractivity contribution in [3.8, 4) is 5.75 Å². The minimum Gasteiger partial charge on any atom is -0.495 e. The Hall–Kier alpha value is -2.60. The summed E-state index contributed by atoms with van der Waals surface area (Å²) >= 11 is 6.02. The molecular formula is C17H15ClN2O4. The first-order valence-corrected chi connectivity index (χ1v) is 7.74. The Bertz CT molecular complexity index is 818. The third-order valence-corrected chi connectivity index (χ3v) is 4.44. The Labute approximate surface area is 143 Å². The molecule has 0 saturated heterocycles. The third-order valence-electron chi connectivity index (χ3n) is 4.20. The summed E-state index contributed by atoms with van der Waals surface area (Å²) in [6.45, 7) is 0. The van der Waals surface area contributed by atoms with Crippen molar-refractivity contribution in [2.24, 2.45) is 0 Å². The standard InChI is InChI=1S/C17H15ClN2O4/c1-24-15-6-5-13(20(22)23)10-14(15)19-16(21)17(7-8-17)11-3-2-4-12(18)9-11/h2-6,9-10H,7-8H2,1H3,(H,19,21). The van der Waals surface area contributed by atoms with Gasteiger partial charge in [0.2, 0.25) is 5.91 Å². The van der Waals surface area contributed by atoms with E-state index in [4.69, 9.17) is 16.3 Å². The number of nitro benzene ring substituents is 1. The Morgan fingerprint density at radius 1 is 1.29 bits per heavy atom. The van der Waals surface area contributed by atoms with Gasteiger partial charge in [-0.05, 0) is 36.6 Å². The van der Waals surface area contributed by atoms with E-state index in [0.29, 0.717) is 23.6 Å². The number of carbonyl (C=O) groups excluding carboxylic acids is 1. The van der Waals surface area contributed by atoms with E-state index in [9.17, 15) is 14.9 Å². The number of amides is 1. The lowest BCUT2D eigenvalue weighted by molar-refractivity contribution is -0.384. The molecule has 0 atom stereocenters. The second kappa shape index (κ2) is 6.13. The zero-order chi connectivity index (χ0) is 17.3. The average Bonchev–Trinajstić information content (AvgIpc) is 3.36. The number of hydrogen-bond acceptors (Lipinski definition) is 4. The number of ether oxygens (including phenoxy) is 1. The molecule has 124 valence electrons. The highest BCUT2D eigenvalue weighted by Gasteiger charge is 2.51. The molecular weight excluding hydrogens is 332 g/mol. The van der Waals surface area contributed by atoms with Gasteiger partial charge in [-0.25, -0.2) is 0 Å². The number of non-ortho nitro benzene ring substituents is 1. The lowest BCUT2D eigenvalue weighted by atomic mass is 9.95. The molecule has 0 bridgehead atoms. The first-order valence-electron chi connectivity index (χ1n) is 7.36. The van der Waals surface area contributed by atoms with Gasteiger partial charge >= 0.3 is 0 Å². The van der Waals surface area contributed by atoms with Gasteiger partial charge in [0.25, 0.3) is 5.69 Å². The van der Waals surface area contributed by atoms with E-state index in [1.807, 2.05) is 6.07 Å². The van der Waals surface area contributed by atoms with E-state index in [1.165, 1.54) is 25.3 Å². The zero-order valence-electron chi connectivity index (χ0n) is 12.9. The summed E-state index contributed by atoms with van der Waals surface area (Å²) in [5.41, 5.74) is 0.376. The monoisotopic (exact) mass is 346 g/mol. The van der Waals surface area contributed by atoms with Gasteiger partial charge in [0.15, 0.2) is 0 Å². The van der Waals surface area contributed by atoms with Crippen LogP contribution in [-0.2, 0) is 10.2 Å². The van der Waals surface area contributed by atoms with Gasteiger partial charge in [-0.3, -0.25) is 14.9 Å². The molecule has 1 N–H and O–H groups in total. The minimum absolute atomic E-state index is 0.112. The Morgan fingerprint density at radius 3 is 2.62 bits per heavy atom. The average molecular weight is 347 g/mol. The highest BCUT2D eigenvalue weighted by Crippen LogP contribution is 2.49. The molecule has 1 saturated carbocycles. The number of carbonyl (C=O) groups is 1. The maximum Gasteiger partial charge on any atom is 0.271 e. The number of methoxy groups -OCH3 is 1. The van der Waals surface area contributed by atoms with Crippen molar-refractivity contribution < 1.29 is 14.5 Å². The van der Waals surface area contributed by atoms with Gasteiger partial charge < -0.3 is 10.1 Å². The molecule has 24 heavy (non-hydrogen) atoms. The maximum absolute atomic E-state index is 12.8. The number of halogens is 1. The van der Waals surface area contributed by atoms with Gasteiger partial charge in [-0.2, -0.15) is 0 Å². The highest BCUT2D eigenvalue weighted by molar-refractivity contribution is 6.30. The first kappa shape index (κ1) is 16.3. The van der Waals surface area contributed by atoms with Crippen molar-refractivity contribution in [3.05, 3.63) is 63.2 Å². The molecule has 1 aliphatic rings. The van der Waals surface area contributed by atoms with Crippen LogP contribution in [0, 0.1) is 10.1 Å². The fourth-order valence-corrected chi connectivity index (χ4v) is 2.90. The molecule has 0 radical (unpaired) electrons.